The summed E-state index contributed by atoms with van der Waals surface area (Å²) >= 11 is 0. The molecule has 2 aliphatic rings. The molecule has 2 saturated heterocycles. The Bertz CT molecular complexity index is 1810. The molecule has 21 nitrogen and oxygen atoms in total. The monoisotopic (exact) mass is 642 g/mol. The molecule has 6 rings (SSSR count). The molecule has 2 fully saturated rings. The Labute approximate surface area is 240 Å². The summed E-state index contributed by atoms with van der Waals surface area (Å²) in [4.78, 5) is 55.0. The van der Waals surface area contributed by atoms with Crippen LogP contribution >= 0.6 is 15.5 Å². The Kier molecular flexibility index (Phi) is 7.80. The van der Waals surface area contributed by atoms with E-state index in [0.717, 1.165) is 0 Å². The van der Waals surface area contributed by atoms with Crippen LogP contribution in [0.4, 0.5) is 11.8 Å². The van der Waals surface area contributed by atoms with Crippen molar-refractivity contribution in [2.24, 2.45) is 5.50 Å². The van der Waals surface area contributed by atoms with Crippen LogP contribution in [0.3, 0.4) is 0 Å². The Morgan fingerprint density at radius 2 is 1.74 bits per heavy atom. The number of aromatic amines is 1. The summed E-state index contributed by atoms with van der Waals surface area (Å²) in [5.41, 5.74) is 17.2. The SMILES string of the molecule is Nc1nc2c(ncn2[C@H]2CC[C@@H](COP(=O)(O)N[C@H]3C[C@H](n4cnc5c(N)ncnc54)O[C@@H]3COP(N)(=O)O)O2)c(=O)[nH]1. The average molecular weight is 642 g/mol. The highest BCUT2D eigenvalue weighted by molar-refractivity contribution is 7.50. The van der Waals surface area contributed by atoms with Gasteiger partial charge >= 0.3 is 15.5 Å². The molecule has 0 spiro atoms. The van der Waals surface area contributed by atoms with Gasteiger partial charge in [-0.05, 0) is 12.8 Å². The lowest BCUT2D eigenvalue weighted by Crippen LogP contribution is -2.38. The molecule has 0 radical (unpaired) electrons. The van der Waals surface area contributed by atoms with Gasteiger partial charge in [-0.2, -0.15) is 4.98 Å². The van der Waals surface area contributed by atoms with Gasteiger partial charge in [0.15, 0.2) is 22.6 Å². The fourth-order valence-electron chi connectivity index (χ4n) is 5.05. The number of aromatic nitrogens is 8. The number of ether oxygens (including phenoxy) is 2. The number of imidazole rings is 2. The fraction of sp³-hybridized carbons (Fsp3) is 0.500. The summed E-state index contributed by atoms with van der Waals surface area (Å²) in [6, 6.07) is -0.895. The molecule has 43 heavy (non-hydrogen) atoms. The first kappa shape index (κ1) is 29.7. The molecule has 0 amide bonds. The molecule has 2 unspecified atom stereocenters. The number of hydrogen-bond acceptors (Lipinski definition) is 14. The number of nitrogens with one attached hydrogen (secondary N) is 2. The lowest BCUT2D eigenvalue weighted by atomic mass is 10.1. The van der Waals surface area contributed by atoms with E-state index in [1.807, 2.05) is 0 Å². The van der Waals surface area contributed by atoms with E-state index in [-0.39, 0.29) is 36.0 Å². The number of H-pyrrole nitrogens is 1. The number of nitrogen functional groups attached to an aromatic ring is 2. The van der Waals surface area contributed by atoms with Crippen LogP contribution in [0.25, 0.3) is 22.3 Å². The number of nitrogens with two attached hydrogens (primary N) is 3. The van der Waals surface area contributed by atoms with Crippen LogP contribution < -0.4 is 27.6 Å². The van der Waals surface area contributed by atoms with Gasteiger partial charge in [0, 0.05) is 6.42 Å². The summed E-state index contributed by atoms with van der Waals surface area (Å²) < 4.78 is 49.9. The highest BCUT2D eigenvalue weighted by atomic mass is 31.2. The van der Waals surface area contributed by atoms with E-state index >= 15 is 0 Å². The van der Waals surface area contributed by atoms with E-state index in [0.29, 0.717) is 24.0 Å². The van der Waals surface area contributed by atoms with E-state index in [4.69, 9.17) is 35.5 Å². The third kappa shape index (κ3) is 6.31. The van der Waals surface area contributed by atoms with Crippen molar-refractivity contribution in [3.63, 3.8) is 0 Å². The van der Waals surface area contributed by atoms with Crippen LogP contribution in [0.2, 0.25) is 0 Å². The predicted octanol–water partition coefficient (Wildman–Crippen LogP) is -0.760. The molecule has 2 aliphatic heterocycles. The molecule has 6 heterocycles. The van der Waals surface area contributed by atoms with Gasteiger partial charge < -0.3 is 30.7 Å². The van der Waals surface area contributed by atoms with Gasteiger partial charge in [0.2, 0.25) is 5.95 Å². The largest absolute Gasteiger partial charge is 0.403 e. The number of nitrogens with zero attached hydrogens (tertiary/aromatic N) is 7. The second kappa shape index (κ2) is 11.3. The van der Waals surface area contributed by atoms with Gasteiger partial charge in [-0.15, -0.1) is 0 Å². The molecule has 0 bridgehead atoms. The number of rotatable bonds is 10. The fourth-order valence-corrected chi connectivity index (χ4v) is 6.55. The Balaban J connectivity index is 1.11. The third-order valence-electron chi connectivity index (χ3n) is 6.97. The van der Waals surface area contributed by atoms with Gasteiger partial charge in [0.1, 0.15) is 24.3 Å². The normalized spacial score (nSPS) is 27.1. The van der Waals surface area contributed by atoms with Gasteiger partial charge in [0.25, 0.3) is 5.56 Å². The first-order valence-electron chi connectivity index (χ1n) is 12.8. The standard InChI is InChI=1S/C20H28N12O9P2/c21-16-14-17(25-6-24-16)32(7-26-14)13-3-10(11(41-13)5-38-42(23,34)35)30-43(36,37)39-4-9-1-2-12(40-9)31-8-27-15-18(31)28-20(22)29-19(15)33/h6-13H,1-5H2,(H2,21,24,25)(H3,23,34,35)(H2,30,36,37)(H3,22,28,29,33)/t9-,10-,11+,12+,13+/m0/s1. The van der Waals surface area contributed by atoms with Crippen molar-refractivity contribution in [2.45, 2.75) is 50.0 Å². The quantitative estimate of drug-likeness (QED) is 0.104. The molecular formula is C20H28N12O9P2. The zero-order chi connectivity index (χ0) is 30.5. The van der Waals surface area contributed by atoms with Crippen molar-refractivity contribution in [3.8, 4) is 0 Å². The highest BCUT2D eigenvalue weighted by Crippen LogP contribution is 2.44. The van der Waals surface area contributed by atoms with E-state index in [9.17, 15) is 23.7 Å². The van der Waals surface area contributed by atoms with Crippen molar-refractivity contribution in [3.05, 3.63) is 29.3 Å². The molecule has 7 atom stereocenters. The molecule has 4 aromatic rings. The second-order valence-electron chi connectivity index (χ2n) is 9.92. The van der Waals surface area contributed by atoms with Crippen LogP contribution in [0.1, 0.15) is 31.7 Å². The minimum absolute atomic E-state index is 0.0712. The zero-order valence-corrected chi connectivity index (χ0v) is 24.0. The summed E-state index contributed by atoms with van der Waals surface area (Å²) in [6.45, 7) is -0.731. The Hall–Kier alpha value is -3.36. The maximum Gasteiger partial charge on any atom is 0.403 e. The molecular weight excluding hydrogens is 614 g/mol. The maximum atomic E-state index is 13.1. The lowest BCUT2D eigenvalue weighted by molar-refractivity contribution is -0.0231. The molecule has 0 saturated carbocycles. The van der Waals surface area contributed by atoms with E-state index in [1.165, 1.54) is 19.0 Å². The predicted molar refractivity (Wildman–Crippen MR) is 147 cm³/mol. The molecule has 4 aromatic heterocycles. The van der Waals surface area contributed by atoms with Crippen LogP contribution in [0, 0.1) is 0 Å². The van der Waals surface area contributed by atoms with Gasteiger partial charge in [-0.25, -0.2) is 39.7 Å². The van der Waals surface area contributed by atoms with Crippen molar-refractivity contribution in [1.82, 2.24) is 44.1 Å². The van der Waals surface area contributed by atoms with Crippen LogP contribution in [0.15, 0.2) is 23.8 Å². The molecule has 0 aliphatic carbocycles. The summed E-state index contributed by atoms with van der Waals surface area (Å²) in [7, 11) is -8.86. The second-order valence-corrected chi connectivity index (χ2v) is 12.9. The Morgan fingerprint density at radius 3 is 2.51 bits per heavy atom. The molecule has 232 valence electrons. The van der Waals surface area contributed by atoms with E-state index in [1.54, 1.807) is 9.13 Å². The van der Waals surface area contributed by atoms with Crippen LogP contribution in [-0.4, -0.2) is 80.3 Å². The molecule has 23 heteroatoms. The topological polar surface area (TPSA) is 309 Å². The van der Waals surface area contributed by atoms with E-state index < -0.39 is 58.4 Å². The number of fused-ring (bicyclic) bond motifs is 2. The summed E-state index contributed by atoms with van der Waals surface area (Å²) in [5, 5.41) is 2.54. The highest BCUT2D eigenvalue weighted by Gasteiger charge is 2.42. The van der Waals surface area contributed by atoms with Crippen molar-refractivity contribution in [1.29, 1.82) is 0 Å². The van der Waals surface area contributed by atoms with Crippen molar-refractivity contribution in [2.75, 3.05) is 24.7 Å². The zero-order valence-electron chi connectivity index (χ0n) is 22.2. The minimum Gasteiger partial charge on any atom is -0.382 e. The summed E-state index contributed by atoms with van der Waals surface area (Å²) in [6.07, 6.45) is 2.22. The Morgan fingerprint density at radius 1 is 1.00 bits per heavy atom. The maximum absolute atomic E-state index is 13.1. The molecule has 10 N–H and O–H groups in total. The first-order chi connectivity index (χ1) is 20.4. The van der Waals surface area contributed by atoms with Crippen LogP contribution in [0.5, 0.6) is 0 Å². The van der Waals surface area contributed by atoms with Crippen molar-refractivity contribution >= 4 is 49.6 Å². The van der Waals surface area contributed by atoms with Gasteiger partial charge in [0.05, 0.1) is 44.1 Å². The molecule has 0 aromatic carbocycles. The van der Waals surface area contributed by atoms with Gasteiger partial charge in [-0.1, -0.05) is 0 Å². The lowest BCUT2D eigenvalue weighted by Gasteiger charge is -2.23. The minimum atomic E-state index is -4.48. The van der Waals surface area contributed by atoms with Crippen LogP contribution in [-0.2, 0) is 27.7 Å². The number of anilines is 2. The van der Waals surface area contributed by atoms with Crippen molar-refractivity contribution < 1.29 is 37.4 Å². The first-order valence-corrected chi connectivity index (χ1v) is 16.1. The smallest absolute Gasteiger partial charge is 0.382 e. The summed E-state index contributed by atoms with van der Waals surface area (Å²) in [5.74, 6) is 0.0821. The van der Waals surface area contributed by atoms with E-state index in [2.05, 4.69) is 35.0 Å². The third-order valence-corrected chi connectivity index (χ3v) is 8.64. The number of hydrogen-bond donors (Lipinski definition) is 7. The van der Waals surface area contributed by atoms with Gasteiger partial charge in [-0.3, -0.25) is 28.0 Å². The average Bonchev–Trinajstić information content (AvgIpc) is 3.71.